The first-order valence-corrected chi connectivity index (χ1v) is 9.26. The van der Waals surface area contributed by atoms with Crippen LogP contribution in [-0.4, -0.2) is 16.1 Å². The number of hydrazone groups is 1. The first-order valence-electron chi connectivity index (χ1n) is 9.26. The molecule has 0 amide bonds. The Bertz CT molecular complexity index is 877. The highest BCUT2D eigenvalue weighted by molar-refractivity contribution is 5.70. The summed E-state index contributed by atoms with van der Waals surface area (Å²) in [5, 5.41) is 26.4. The number of non-ortho nitro benzene ring substituents is 1. The van der Waals surface area contributed by atoms with Crippen LogP contribution in [-0.2, 0) is 6.42 Å². The molecule has 0 radical (unpaired) electrons. The van der Waals surface area contributed by atoms with Crippen LogP contribution >= 0.6 is 0 Å². The largest absolute Gasteiger partial charge is 0.301 e. The van der Waals surface area contributed by atoms with Crippen molar-refractivity contribution in [3.05, 3.63) is 74.3 Å². The molecular weight excluding hydrogens is 360 g/mol. The molecule has 0 aliphatic heterocycles. The molecule has 1 saturated carbocycles. The Kier molecular flexibility index (Phi) is 5.98. The smallest absolute Gasteiger partial charge is 0.272 e. The number of hydrogen-bond donors (Lipinski definition) is 1. The van der Waals surface area contributed by atoms with E-state index in [2.05, 4.69) is 22.7 Å². The third-order valence-electron chi connectivity index (χ3n) is 5.16. The highest BCUT2D eigenvalue weighted by atomic mass is 16.6. The van der Waals surface area contributed by atoms with Gasteiger partial charge in [0.15, 0.2) is 0 Å². The second-order valence-electron chi connectivity index (χ2n) is 7.17. The van der Waals surface area contributed by atoms with E-state index >= 15 is 0 Å². The lowest BCUT2D eigenvalue weighted by Crippen LogP contribution is -2.29. The molecular formula is C20H22N4O4. The monoisotopic (exact) mass is 382 g/mol. The molecule has 146 valence electrons. The average molecular weight is 382 g/mol. The lowest BCUT2D eigenvalue weighted by Gasteiger charge is -2.34. The van der Waals surface area contributed by atoms with Gasteiger partial charge < -0.3 is 0 Å². The predicted molar refractivity (Wildman–Crippen MR) is 108 cm³/mol. The third kappa shape index (κ3) is 4.70. The van der Waals surface area contributed by atoms with E-state index < -0.39 is 9.85 Å². The Balaban J connectivity index is 1.80. The fourth-order valence-electron chi connectivity index (χ4n) is 3.73. The molecule has 8 heteroatoms. The van der Waals surface area contributed by atoms with Gasteiger partial charge in [-0.1, -0.05) is 49.6 Å². The second-order valence-corrected chi connectivity index (χ2v) is 7.17. The molecule has 3 rings (SSSR count). The van der Waals surface area contributed by atoms with Gasteiger partial charge in [-0.2, -0.15) is 5.10 Å². The number of hydrogen-bond acceptors (Lipinski definition) is 6. The lowest BCUT2D eigenvalue weighted by atomic mass is 9.71. The number of rotatable bonds is 7. The van der Waals surface area contributed by atoms with Gasteiger partial charge in [0.1, 0.15) is 5.69 Å². The second kappa shape index (κ2) is 8.60. The summed E-state index contributed by atoms with van der Waals surface area (Å²) < 4.78 is 0. The SMILES string of the molecule is O=[N+]([O-])c1ccc(N/N=C/C2(Cc3ccccc3)CCCCC2)c([N+](=O)[O-])c1. The minimum Gasteiger partial charge on any atom is -0.272 e. The molecule has 2 aromatic rings. The molecule has 1 aliphatic carbocycles. The summed E-state index contributed by atoms with van der Waals surface area (Å²) >= 11 is 0. The molecule has 1 fully saturated rings. The van der Waals surface area contributed by atoms with E-state index in [1.807, 2.05) is 24.4 Å². The van der Waals surface area contributed by atoms with Gasteiger partial charge in [-0.3, -0.25) is 25.7 Å². The van der Waals surface area contributed by atoms with Crippen molar-refractivity contribution in [1.82, 2.24) is 0 Å². The number of nitrogens with zero attached hydrogens (tertiary/aromatic N) is 3. The van der Waals surface area contributed by atoms with E-state index in [1.165, 1.54) is 24.1 Å². The third-order valence-corrected chi connectivity index (χ3v) is 5.16. The summed E-state index contributed by atoms with van der Waals surface area (Å²) in [4.78, 5) is 20.8. The number of nitrogens with one attached hydrogen (secondary N) is 1. The molecule has 0 unspecified atom stereocenters. The Morgan fingerprint density at radius 2 is 1.71 bits per heavy atom. The van der Waals surface area contributed by atoms with Crippen molar-refractivity contribution < 1.29 is 9.85 Å². The maximum absolute atomic E-state index is 11.3. The van der Waals surface area contributed by atoms with Crippen molar-refractivity contribution in [3.8, 4) is 0 Å². The van der Waals surface area contributed by atoms with Crippen LogP contribution in [0.15, 0.2) is 53.6 Å². The Morgan fingerprint density at radius 3 is 2.36 bits per heavy atom. The molecule has 0 heterocycles. The van der Waals surface area contributed by atoms with Crippen LogP contribution in [0.5, 0.6) is 0 Å². The fourth-order valence-corrected chi connectivity index (χ4v) is 3.73. The summed E-state index contributed by atoms with van der Waals surface area (Å²) in [5.41, 5.74) is 3.31. The summed E-state index contributed by atoms with van der Waals surface area (Å²) in [6.07, 6.45) is 8.19. The molecule has 1 aliphatic rings. The van der Waals surface area contributed by atoms with Crippen LogP contribution in [0.2, 0.25) is 0 Å². The summed E-state index contributed by atoms with van der Waals surface area (Å²) in [5.74, 6) is 0. The van der Waals surface area contributed by atoms with Crippen LogP contribution in [0.25, 0.3) is 0 Å². The molecule has 1 N–H and O–H groups in total. The number of nitro groups is 2. The summed E-state index contributed by atoms with van der Waals surface area (Å²) in [6, 6.07) is 13.7. The van der Waals surface area contributed by atoms with Crippen molar-refractivity contribution in [2.75, 3.05) is 5.43 Å². The molecule has 8 nitrogen and oxygen atoms in total. The van der Waals surface area contributed by atoms with Crippen LogP contribution in [0.3, 0.4) is 0 Å². The van der Waals surface area contributed by atoms with Crippen LogP contribution in [0.4, 0.5) is 17.1 Å². The highest BCUT2D eigenvalue weighted by Crippen LogP contribution is 2.38. The van der Waals surface area contributed by atoms with Gasteiger partial charge in [0.05, 0.1) is 15.9 Å². The van der Waals surface area contributed by atoms with Crippen LogP contribution in [0, 0.1) is 25.6 Å². The van der Waals surface area contributed by atoms with Crippen molar-refractivity contribution in [2.24, 2.45) is 10.5 Å². The number of anilines is 1. The van der Waals surface area contributed by atoms with Crippen molar-refractivity contribution in [1.29, 1.82) is 0 Å². The zero-order valence-corrected chi connectivity index (χ0v) is 15.4. The quantitative estimate of drug-likeness (QED) is 0.407. The van der Waals surface area contributed by atoms with E-state index in [4.69, 9.17) is 0 Å². The first kappa shape index (κ1) is 19.5. The topological polar surface area (TPSA) is 111 Å². The Hall–Kier alpha value is -3.29. The maximum atomic E-state index is 11.3. The predicted octanol–water partition coefficient (Wildman–Crippen LogP) is 5.09. The van der Waals surface area contributed by atoms with E-state index in [1.54, 1.807) is 0 Å². The van der Waals surface area contributed by atoms with Gasteiger partial charge in [0, 0.05) is 17.7 Å². The van der Waals surface area contributed by atoms with Crippen molar-refractivity contribution in [2.45, 2.75) is 38.5 Å². The summed E-state index contributed by atoms with van der Waals surface area (Å²) in [6.45, 7) is 0. The number of benzene rings is 2. The standard InChI is InChI=1S/C20H22N4O4/c25-23(26)17-9-10-18(19(13-17)24(27)28)22-21-15-20(11-5-2-6-12-20)14-16-7-3-1-4-8-16/h1,3-4,7-10,13,15,22H,2,5-6,11-12,14H2/b21-15+. The number of nitro benzene ring substituents is 2. The van der Waals surface area contributed by atoms with E-state index in [0.29, 0.717) is 0 Å². The minimum absolute atomic E-state index is 0.0951. The van der Waals surface area contributed by atoms with Gasteiger partial charge in [-0.05, 0) is 30.9 Å². The van der Waals surface area contributed by atoms with E-state index in [-0.39, 0.29) is 22.5 Å². The Labute approximate surface area is 162 Å². The molecule has 28 heavy (non-hydrogen) atoms. The molecule has 0 atom stereocenters. The summed E-state index contributed by atoms with van der Waals surface area (Å²) in [7, 11) is 0. The normalized spacial score (nSPS) is 16.0. The van der Waals surface area contributed by atoms with Crippen LogP contribution in [0.1, 0.15) is 37.7 Å². The van der Waals surface area contributed by atoms with Gasteiger partial charge in [0.25, 0.3) is 5.69 Å². The first-order chi connectivity index (χ1) is 13.5. The molecule has 0 saturated heterocycles. The van der Waals surface area contributed by atoms with E-state index in [9.17, 15) is 20.2 Å². The molecule has 0 spiro atoms. The van der Waals surface area contributed by atoms with E-state index in [0.717, 1.165) is 38.2 Å². The maximum Gasteiger partial charge on any atom is 0.301 e. The molecule has 2 aromatic carbocycles. The fraction of sp³-hybridized carbons (Fsp3) is 0.350. The molecule has 0 aromatic heterocycles. The van der Waals surface area contributed by atoms with Crippen molar-refractivity contribution in [3.63, 3.8) is 0 Å². The highest BCUT2D eigenvalue weighted by Gasteiger charge is 2.31. The zero-order valence-electron chi connectivity index (χ0n) is 15.4. The molecule has 0 bridgehead atoms. The van der Waals surface area contributed by atoms with Gasteiger partial charge >= 0.3 is 5.69 Å². The average Bonchev–Trinajstić information content (AvgIpc) is 2.69. The van der Waals surface area contributed by atoms with Crippen LogP contribution < -0.4 is 5.43 Å². The van der Waals surface area contributed by atoms with Gasteiger partial charge in [-0.15, -0.1) is 0 Å². The minimum atomic E-state index is -0.656. The zero-order chi connectivity index (χ0) is 20.0. The lowest BCUT2D eigenvalue weighted by molar-refractivity contribution is -0.393. The Morgan fingerprint density at radius 1 is 1.00 bits per heavy atom. The van der Waals surface area contributed by atoms with Crippen molar-refractivity contribution >= 4 is 23.3 Å². The van der Waals surface area contributed by atoms with Gasteiger partial charge in [-0.25, -0.2) is 0 Å². The van der Waals surface area contributed by atoms with Gasteiger partial charge in [0.2, 0.25) is 0 Å².